The second-order valence-corrected chi connectivity index (χ2v) is 7.10. The van der Waals surface area contributed by atoms with E-state index in [9.17, 15) is 4.79 Å². The summed E-state index contributed by atoms with van der Waals surface area (Å²) in [4.78, 5) is 16.3. The SMILES string of the molecule is CCOC(=O)c1ccc(-n2c(C)cc(C=Nc3ccc(Cl)c(Cl)c3)c2C)cc1. The van der Waals surface area contributed by atoms with Crippen LogP contribution in [0.5, 0.6) is 0 Å². The van der Waals surface area contributed by atoms with Crippen LogP contribution >= 0.6 is 23.2 Å². The largest absolute Gasteiger partial charge is 0.462 e. The topological polar surface area (TPSA) is 43.6 Å². The van der Waals surface area contributed by atoms with Crippen molar-refractivity contribution < 1.29 is 9.53 Å². The normalized spacial score (nSPS) is 11.2. The van der Waals surface area contributed by atoms with E-state index in [4.69, 9.17) is 27.9 Å². The van der Waals surface area contributed by atoms with Crippen molar-refractivity contribution >= 4 is 41.1 Å². The minimum atomic E-state index is -0.315. The van der Waals surface area contributed by atoms with Gasteiger partial charge in [-0.1, -0.05) is 23.2 Å². The zero-order chi connectivity index (χ0) is 20.3. The predicted octanol–water partition coefficient (Wildman–Crippen LogP) is 6.33. The zero-order valence-electron chi connectivity index (χ0n) is 15.9. The number of nitrogens with zero attached hydrogens (tertiary/aromatic N) is 2. The lowest BCUT2D eigenvalue weighted by Gasteiger charge is -2.10. The minimum absolute atomic E-state index is 0.315. The van der Waals surface area contributed by atoms with Gasteiger partial charge in [0.25, 0.3) is 0 Å². The molecule has 0 bridgehead atoms. The molecule has 3 rings (SSSR count). The number of aryl methyl sites for hydroxylation is 1. The Bertz CT molecular complexity index is 1040. The van der Waals surface area contributed by atoms with Crippen LogP contribution in [-0.4, -0.2) is 23.4 Å². The first-order valence-electron chi connectivity index (χ1n) is 8.86. The molecule has 1 heterocycles. The van der Waals surface area contributed by atoms with E-state index in [1.807, 2.05) is 38.3 Å². The Morgan fingerprint density at radius 1 is 1.07 bits per heavy atom. The van der Waals surface area contributed by atoms with Gasteiger partial charge in [-0.05, 0) is 69.3 Å². The molecule has 0 radical (unpaired) electrons. The van der Waals surface area contributed by atoms with E-state index < -0.39 is 0 Å². The standard InChI is InChI=1S/C22H20Cl2N2O2/c1-4-28-22(27)16-5-8-19(9-6-16)26-14(2)11-17(15(26)3)13-25-18-7-10-20(23)21(24)12-18/h5-13H,4H2,1-3H3. The van der Waals surface area contributed by atoms with E-state index in [-0.39, 0.29) is 5.97 Å². The lowest BCUT2D eigenvalue weighted by atomic mass is 10.2. The molecule has 0 amide bonds. The first-order valence-corrected chi connectivity index (χ1v) is 9.62. The van der Waals surface area contributed by atoms with Crippen LogP contribution in [0.25, 0.3) is 5.69 Å². The molecule has 144 valence electrons. The number of ether oxygens (including phenoxy) is 1. The number of carbonyl (C=O) groups excluding carboxylic acids is 1. The molecule has 0 unspecified atom stereocenters. The monoisotopic (exact) mass is 414 g/mol. The maximum atomic E-state index is 11.8. The average molecular weight is 415 g/mol. The Hall–Kier alpha value is -2.56. The highest BCUT2D eigenvalue weighted by Crippen LogP contribution is 2.27. The van der Waals surface area contributed by atoms with Gasteiger partial charge in [-0.3, -0.25) is 4.99 Å². The van der Waals surface area contributed by atoms with Gasteiger partial charge in [0.1, 0.15) is 0 Å². The molecule has 4 nitrogen and oxygen atoms in total. The number of hydrogen-bond acceptors (Lipinski definition) is 3. The summed E-state index contributed by atoms with van der Waals surface area (Å²) in [5.74, 6) is -0.315. The molecule has 2 aromatic carbocycles. The first kappa shape index (κ1) is 20.2. The van der Waals surface area contributed by atoms with Crippen molar-refractivity contribution in [3.05, 3.63) is 81.1 Å². The van der Waals surface area contributed by atoms with Crippen LogP contribution < -0.4 is 0 Å². The van der Waals surface area contributed by atoms with Crippen LogP contribution in [0, 0.1) is 13.8 Å². The quantitative estimate of drug-likeness (QED) is 0.361. The number of carbonyl (C=O) groups is 1. The highest BCUT2D eigenvalue weighted by molar-refractivity contribution is 6.42. The molecule has 0 N–H and O–H groups in total. The second kappa shape index (κ2) is 8.63. The molecule has 3 aromatic rings. The van der Waals surface area contributed by atoms with Gasteiger partial charge in [0.15, 0.2) is 0 Å². The van der Waals surface area contributed by atoms with Crippen LogP contribution in [0.1, 0.15) is 34.2 Å². The highest BCUT2D eigenvalue weighted by atomic mass is 35.5. The van der Waals surface area contributed by atoms with Crippen LogP contribution in [0.4, 0.5) is 5.69 Å². The molecule has 0 saturated heterocycles. The number of hydrogen-bond donors (Lipinski definition) is 0. The molecule has 28 heavy (non-hydrogen) atoms. The van der Waals surface area contributed by atoms with Gasteiger partial charge in [0.05, 0.1) is 27.9 Å². The maximum Gasteiger partial charge on any atom is 0.338 e. The summed E-state index contributed by atoms with van der Waals surface area (Å²) >= 11 is 12.0. The fourth-order valence-corrected chi connectivity index (χ4v) is 3.28. The van der Waals surface area contributed by atoms with Crippen LogP contribution in [0.15, 0.2) is 53.5 Å². The number of esters is 1. The molecule has 0 atom stereocenters. The molecular weight excluding hydrogens is 395 g/mol. The Labute approximate surface area is 174 Å². The number of aromatic nitrogens is 1. The van der Waals surface area contributed by atoms with Crippen molar-refractivity contribution in [2.75, 3.05) is 6.61 Å². The van der Waals surface area contributed by atoms with Crippen molar-refractivity contribution in [1.29, 1.82) is 0 Å². The van der Waals surface area contributed by atoms with Crippen LogP contribution in [0.2, 0.25) is 10.0 Å². The van der Waals surface area contributed by atoms with Crippen molar-refractivity contribution in [3.63, 3.8) is 0 Å². The van der Waals surface area contributed by atoms with E-state index in [0.717, 1.165) is 28.3 Å². The first-order chi connectivity index (χ1) is 13.4. The summed E-state index contributed by atoms with van der Waals surface area (Å²) < 4.78 is 7.15. The van der Waals surface area contributed by atoms with Gasteiger partial charge in [0, 0.05) is 28.9 Å². The van der Waals surface area contributed by atoms with Gasteiger partial charge in [-0.15, -0.1) is 0 Å². The van der Waals surface area contributed by atoms with Crippen molar-refractivity contribution in [1.82, 2.24) is 4.57 Å². The molecule has 0 aliphatic rings. The predicted molar refractivity (Wildman–Crippen MR) is 115 cm³/mol. The smallest absolute Gasteiger partial charge is 0.338 e. The molecular formula is C22H20Cl2N2O2. The Balaban J connectivity index is 1.88. The fraction of sp³-hybridized carbons (Fsp3) is 0.182. The zero-order valence-corrected chi connectivity index (χ0v) is 17.4. The van der Waals surface area contributed by atoms with Gasteiger partial charge < -0.3 is 9.30 Å². The van der Waals surface area contributed by atoms with Crippen molar-refractivity contribution in [3.8, 4) is 5.69 Å². The fourth-order valence-electron chi connectivity index (χ4n) is 2.99. The number of rotatable bonds is 5. The molecule has 0 aliphatic carbocycles. The van der Waals surface area contributed by atoms with Gasteiger partial charge in [-0.2, -0.15) is 0 Å². The lowest BCUT2D eigenvalue weighted by Crippen LogP contribution is -2.05. The van der Waals surface area contributed by atoms with Crippen LogP contribution in [-0.2, 0) is 4.74 Å². The van der Waals surface area contributed by atoms with E-state index in [1.54, 1.807) is 31.2 Å². The third-order valence-electron chi connectivity index (χ3n) is 4.36. The molecule has 0 aliphatic heterocycles. The lowest BCUT2D eigenvalue weighted by molar-refractivity contribution is 0.0526. The number of halogens is 2. The molecule has 6 heteroatoms. The van der Waals surface area contributed by atoms with Gasteiger partial charge >= 0.3 is 5.97 Å². The van der Waals surface area contributed by atoms with E-state index in [0.29, 0.717) is 22.2 Å². The summed E-state index contributed by atoms with van der Waals surface area (Å²) in [7, 11) is 0. The summed E-state index contributed by atoms with van der Waals surface area (Å²) in [6.45, 7) is 6.21. The van der Waals surface area contributed by atoms with Crippen molar-refractivity contribution in [2.24, 2.45) is 4.99 Å². The third kappa shape index (κ3) is 4.29. The van der Waals surface area contributed by atoms with E-state index in [1.165, 1.54) is 0 Å². The Morgan fingerprint density at radius 3 is 2.43 bits per heavy atom. The number of benzene rings is 2. The molecule has 0 fully saturated rings. The van der Waals surface area contributed by atoms with E-state index in [2.05, 4.69) is 15.6 Å². The molecule has 0 spiro atoms. The molecule has 1 aromatic heterocycles. The second-order valence-electron chi connectivity index (χ2n) is 6.29. The highest BCUT2D eigenvalue weighted by Gasteiger charge is 2.11. The summed E-state index contributed by atoms with van der Waals surface area (Å²) in [6, 6.07) is 14.7. The average Bonchev–Trinajstić information content (AvgIpc) is 2.96. The van der Waals surface area contributed by atoms with Crippen LogP contribution in [0.3, 0.4) is 0 Å². The Kier molecular flexibility index (Phi) is 6.22. The van der Waals surface area contributed by atoms with Gasteiger partial charge in [0.2, 0.25) is 0 Å². The third-order valence-corrected chi connectivity index (χ3v) is 5.10. The maximum absolute atomic E-state index is 11.8. The summed E-state index contributed by atoms with van der Waals surface area (Å²) in [5.41, 5.74) is 5.35. The number of aliphatic imine (C=N–C) groups is 1. The van der Waals surface area contributed by atoms with Crippen molar-refractivity contribution in [2.45, 2.75) is 20.8 Å². The summed E-state index contributed by atoms with van der Waals surface area (Å²) in [6.07, 6.45) is 1.81. The van der Waals surface area contributed by atoms with Gasteiger partial charge in [-0.25, -0.2) is 4.79 Å². The summed E-state index contributed by atoms with van der Waals surface area (Å²) in [5, 5.41) is 0.980. The Morgan fingerprint density at radius 2 is 1.79 bits per heavy atom. The minimum Gasteiger partial charge on any atom is -0.462 e. The molecule has 0 saturated carbocycles. The van der Waals surface area contributed by atoms with E-state index >= 15 is 0 Å².